The summed E-state index contributed by atoms with van der Waals surface area (Å²) in [5.74, 6) is 0. The molecule has 0 N–H and O–H groups in total. The molecule has 0 nitrogen and oxygen atoms in total. The Morgan fingerprint density at radius 3 is 1.02 bits per heavy atom. The molecule has 2 aliphatic rings. The highest BCUT2D eigenvalue weighted by Crippen LogP contribution is 2.64. The van der Waals surface area contributed by atoms with Crippen molar-refractivity contribution in [3.8, 4) is 22.3 Å². The highest BCUT2D eigenvalue weighted by molar-refractivity contribution is 7.99. The molecule has 256 valence electrons. The zero-order chi connectivity index (χ0) is 35.9. The summed E-state index contributed by atoms with van der Waals surface area (Å²) in [7, 11) is 0. The quantitative estimate of drug-likeness (QED) is 0.142. The van der Waals surface area contributed by atoms with Gasteiger partial charge in [0.05, 0.1) is 5.41 Å². The van der Waals surface area contributed by atoms with E-state index in [4.69, 9.17) is 0 Å². The van der Waals surface area contributed by atoms with Crippen molar-refractivity contribution in [3.63, 3.8) is 0 Å². The van der Waals surface area contributed by atoms with E-state index in [2.05, 4.69) is 206 Å². The summed E-state index contributed by atoms with van der Waals surface area (Å²) in [5, 5.41) is 0. The van der Waals surface area contributed by atoms with Gasteiger partial charge in [0.15, 0.2) is 0 Å². The van der Waals surface area contributed by atoms with Gasteiger partial charge in [0, 0.05) is 29.4 Å². The Hall–Kier alpha value is -5.45. The Morgan fingerprint density at radius 1 is 0.278 bits per heavy atom. The first-order chi connectivity index (χ1) is 26.7. The lowest BCUT2D eigenvalue weighted by molar-refractivity contribution is 0.785. The molecule has 54 heavy (non-hydrogen) atoms. The molecular weight excluding hydrogens is 709 g/mol. The molecule has 2 aliphatic carbocycles. The van der Waals surface area contributed by atoms with Crippen molar-refractivity contribution in [1.29, 1.82) is 0 Å². The molecule has 0 amide bonds. The number of hydrogen-bond donors (Lipinski definition) is 0. The zero-order valence-electron chi connectivity index (χ0n) is 29.4. The molecule has 0 aliphatic heterocycles. The minimum Gasteiger partial charge on any atom is -0.0901 e. The first-order valence-electron chi connectivity index (χ1n) is 18.2. The molecule has 8 aromatic carbocycles. The molecule has 0 radical (unpaired) electrons. The average molecular weight is 743 g/mol. The fourth-order valence-corrected chi connectivity index (χ4v) is 10.7. The van der Waals surface area contributed by atoms with Crippen LogP contribution in [0.15, 0.2) is 223 Å². The van der Waals surface area contributed by atoms with Crippen LogP contribution in [0.3, 0.4) is 0 Å². The summed E-state index contributed by atoms with van der Waals surface area (Å²) in [6, 6.07) is 71.4. The summed E-state index contributed by atoms with van der Waals surface area (Å²) >= 11 is 5.51. The van der Waals surface area contributed by atoms with Crippen LogP contribution >= 0.6 is 35.3 Å². The molecular formula is C51H34S3. The van der Waals surface area contributed by atoms with Crippen LogP contribution in [0.5, 0.6) is 0 Å². The Bertz CT molecular complexity index is 2500. The maximum absolute atomic E-state index is 2.49. The molecule has 3 heteroatoms. The highest BCUT2D eigenvalue weighted by Gasteiger charge is 2.52. The van der Waals surface area contributed by atoms with Crippen molar-refractivity contribution in [2.24, 2.45) is 0 Å². The first-order valence-corrected chi connectivity index (χ1v) is 20.7. The molecule has 0 saturated carbocycles. The summed E-state index contributed by atoms with van der Waals surface area (Å²) < 4.78 is 0. The molecule has 10 rings (SSSR count). The Morgan fingerprint density at radius 2 is 0.611 bits per heavy atom. The topological polar surface area (TPSA) is 0 Å². The predicted octanol–water partition coefficient (Wildman–Crippen LogP) is 14.7. The Labute approximate surface area is 330 Å². The predicted molar refractivity (Wildman–Crippen MR) is 230 cm³/mol. The van der Waals surface area contributed by atoms with Crippen LogP contribution in [0.25, 0.3) is 34.4 Å². The number of benzene rings is 8. The van der Waals surface area contributed by atoms with Crippen molar-refractivity contribution in [3.05, 3.63) is 228 Å². The third-order valence-electron chi connectivity index (χ3n) is 10.4. The van der Waals surface area contributed by atoms with Crippen molar-refractivity contribution in [1.82, 2.24) is 0 Å². The molecule has 0 atom stereocenters. The maximum atomic E-state index is 2.49. The Balaban J connectivity index is 1.22. The first kappa shape index (κ1) is 33.1. The van der Waals surface area contributed by atoms with Gasteiger partial charge >= 0.3 is 0 Å². The van der Waals surface area contributed by atoms with Crippen LogP contribution in [0.4, 0.5) is 0 Å². The van der Waals surface area contributed by atoms with E-state index in [9.17, 15) is 0 Å². The molecule has 1 spiro atoms. The SMILES string of the molecule is C(=Cc1ccc2c(c1)C1(c3cc(Sc4ccccc4)ccc3-2)c2cc(Sc3ccccc3)ccc2-c2ccc(Sc3ccccc3)cc21)c1ccccc1. The smallest absolute Gasteiger partial charge is 0.0726 e. The molecule has 0 aromatic heterocycles. The van der Waals surface area contributed by atoms with Gasteiger partial charge in [-0.2, -0.15) is 0 Å². The van der Waals surface area contributed by atoms with Crippen LogP contribution in [-0.4, -0.2) is 0 Å². The normalized spacial score (nSPS) is 13.1. The third kappa shape index (κ3) is 5.94. The van der Waals surface area contributed by atoms with Crippen LogP contribution < -0.4 is 0 Å². The van der Waals surface area contributed by atoms with Gasteiger partial charge in [0.25, 0.3) is 0 Å². The van der Waals surface area contributed by atoms with Crippen molar-refractivity contribution >= 4 is 47.4 Å². The summed E-state index contributed by atoms with van der Waals surface area (Å²) in [5.41, 5.74) is 12.5. The molecule has 0 saturated heterocycles. The van der Waals surface area contributed by atoms with Crippen molar-refractivity contribution < 1.29 is 0 Å². The van der Waals surface area contributed by atoms with Gasteiger partial charge in [-0.3, -0.25) is 0 Å². The number of hydrogen-bond acceptors (Lipinski definition) is 3. The summed E-state index contributed by atoms with van der Waals surface area (Å²) in [6.07, 6.45) is 4.49. The largest absolute Gasteiger partial charge is 0.0901 e. The lowest BCUT2D eigenvalue weighted by Gasteiger charge is -2.31. The number of fused-ring (bicyclic) bond motifs is 10. The van der Waals surface area contributed by atoms with Gasteiger partial charge in [-0.15, -0.1) is 0 Å². The van der Waals surface area contributed by atoms with E-state index in [1.54, 1.807) is 0 Å². The van der Waals surface area contributed by atoms with E-state index >= 15 is 0 Å². The molecule has 0 unspecified atom stereocenters. The van der Waals surface area contributed by atoms with E-state index in [1.165, 1.54) is 85.0 Å². The average Bonchev–Trinajstić information content (AvgIpc) is 3.67. The molecule has 8 aromatic rings. The van der Waals surface area contributed by atoms with Gasteiger partial charge < -0.3 is 0 Å². The zero-order valence-corrected chi connectivity index (χ0v) is 31.8. The van der Waals surface area contributed by atoms with Gasteiger partial charge in [0.1, 0.15) is 0 Å². The van der Waals surface area contributed by atoms with Crippen LogP contribution in [0.2, 0.25) is 0 Å². The Kier molecular flexibility index (Phi) is 8.64. The van der Waals surface area contributed by atoms with E-state index in [-0.39, 0.29) is 0 Å². The minimum absolute atomic E-state index is 0.500. The second-order valence-electron chi connectivity index (χ2n) is 13.7. The van der Waals surface area contributed by atoms with E-state index in [0.29, 0.717) is 0 Å². The lowest BCUT2D eigenvalue weighted by atomic mass is 9.70. The fourth-order valence-electron chi connectivity index (χ4n) is 8.11. The highest BCUT2D eigenvalue weighted by atomic mass is 32.2. The summed E-state index contributed by atoms with van der Waals surface area (Å²) in [6.45, 7) is 0. The fraction of sp³-hybridized carbons (Fsp3) is 0.0196. The molecule has 0 heterocycles. The van der Waals surface area contributed by atoms with Gasteiger partial charge in [-0.25, -0.2) is 0 Å². The summed E-state index contributed by atoms with van der Waals surface area (Å²) in [4.78, 5) is 7.46. The van der Waals surface area contributed by atoms with E-state index in [1.807, 2.05) is 35.3 Å². The lowest BCUT2D eigenvalue weighted by Crippen LogP contribution is -2.26. The second kappa shape index (κ2) is 14.1. The van der Waals surface area contributed by atoms with Crippen molar-refractivity contribution in [2.75, 3.05) is 0 Å². The van der Waals surface area contributed by atoms with E-state index in [0.717, 1.165) is 0 Å². The van der Waals surface area contributed by atoms with Crippen LogP contribution in [-0.2, 0) is 5.41 Å². The van der Waals surface area contributed by atoms with Gasteiger partial charge in [-0.05, 0) is 134 Å². The third-order valence-corrected chi connectivity index (χ3v) is 13.4. The monoisotopic (exact) mass is 742 g/mol. The van der Waals surface area contributed by atoms with Crippen LogP contribution in [0, 0.1) is 0 Å². The molecule has 0 bridgehead atoms. The maximum Gasteiger partial charge on any atom is 0.0726 e. The number of rotatable bonds is 8. The standard InChI is InChI=1S/C51H34S3/c1-5-13-35(14-6-1)21-22-36-23-27-43-44-28-24-40(52-37-15-7-2-8-16-37)32-48(44)51(47(43)31-36)49-33-41(53-38-17-9-3-10-18-38)25-29-45(49)46-30-26-42(34-50(46)51)54-39-19-11-4-12-20-39/h1-34H. The van der Waals surface area contributed by atoms with E-state index < -0.39 is 5.41 Å². The second-order valence-corrected chi connectivity index (χ2v) is 17.1. The van der Waals surface area contributed by atoms with Gasteiger partial charge in [-0.1, -0.05) is 163 Å². The van der Waals surface area contributed by atoms with Crippen molar-refractivity contribution in [2.45, 2.75) is 34.8 Å². The molecule has 0 fully saturated rings. The minimum atomic E-state index is -0.500. The van der Waals surface area contributed by atoms with Gasteiger partial charge in [0.2, 0.25) is 0 Å². The van der Waals surface area contributed by atoms with Crippen LogP contribution in [0.1, 0.15) is 33.4 Å².